The molecule has 0 radical (unpaired) electrons. The summed E-state index contributed by atoms with van der Waals surface area (Å²) >= 11 is 0. The summed E-state index contributed by atoms with van der Waals surface area (Å²) < 4.78 is 0. The maximum atomic E-state index is 13.3. The first-order chi connectivity index (χ1) is 18.8. The summed E-state index contributed by atoms with van der Waals surface area (Å²) in [5.74, 6) is -4.89. The molecule has 0 heterocycles. The van der Waals surface area contributed by atoms with Crippen molar-refractivity contribution in [2.24, 2.45) is 11.7 Å². The fourth-order valence-electron chi connectivity index (χ4n) is 3.93. The summed E-state index contributed by atoms with van der Waals surface area (Å²) in [6.45, 7) is 3.64. The highest BCUT2D eigenvalue weighted by Crippen LogP contribution is 2.13. The highest BCUT2D eigenvalue weighted by molar-refractivity contribution is 5.94. The van der Waals surface area contributed by atoms with Gasteiger partial charge in [0.1, 0.15) is 23.9 Å². The minimum Gasteiger partial charge on any atom is -0.508 e. The molecule has 0 aliphatic heterocycles. The lowest BCUT2D eigenvalue weighted by atomic mass is 10.00. The molecule has 0 fully saturated rings. The largest absolute Gasteiger partial charge is 0.508 e. The molecule has 2 rings (SSSR count). The van der Waals surface area contributed by atoms with E-state index in [4.69, 9.17) is 10.8 Å². The molecule has 3 amide bonds. The van der Waals surface area contributed by atoms with Crippen molar-refractivity contribution in [1.29, 1.82) is 0 Å². The van der Waals surface area contributed by atoms with E-state index in [1.54, 1.807) is 30.3 Å². The Labute approximate surface area is 232 Å². The number of aromatic hydroxyl groups is 1. The lowest BCUT2D eigenvalue weighted by Gasteiger charge is -2.26. The lowest BCUT2D eigenvalue weighted by Crippen LogP contribution is -2.58. The Hall–Kier alpha value is -4.45. The number of hydrogen-bond donors (Lipinski definition) is 7. The summed E-state index contributed by atoms with van der Waals surface area (Å²) in [6.07, 6.45) is -0.486. The highest BCUT2D eigenvalue weighted by atomic mass is 16.4. The number of carbonyl (C=O) groups excluding carboxylic acids is 3. The maximum Gasteiger partial charge on any atom is 0.326 e. The third kappa shape index (κ3) is 10.7. The van der Waals surface area contributed by atoms with Gasteiger partial charge in [0.05, 0.1) is 12.5 Å². The summed E-state index contributed by atoms with van der Waals surface area (Å²) in [4.78, 5) is 62.0. The van der Waals surface area contributed by atoms with E-state index in [1.165, 1.54) is 24.3 Å². The van der Waals surface area contributed by atoms with Crippen LogP contribution in [0.4, 0.5) is 0 Å². The molecule has 0 bridgehead atoms. The van der Waals surface area contributed by atoms with Crippen LogP contribution in [0.3, 0.4) is 0 Å². The molecule has 0 aromatic heterocycles. The zero-order chi connectivity index (χ0) is 29.8. The van der Waals surface area contributed by atoms with Gasteiger partial charge in [-0.25, -0.2) is 4.79 Å². The number of benzene rings is 2. The van der Waals surface area contributed by atoms with Gasteiger partial charge in [-0.3, -0.25) is 19.2 Å². The first-order valence-corrected chi connectivity index (χ1v) is 12.8. The van der Waals surface area contributed by atoms with Crippen LogP contribution in [0.25, 0.3) is 0 Å². The van der Waals surface area contributed by atoms with Gasteiger partial charge in [-0.1, -0.05) is 56.3 Å². The summed E-state index contributed by atoms with van der Waals surface area (Å²) in [7, 11) is 0. The molecule has 216 valence electrons. The monoisotopic (exact) mass is 556 g/mol. The molecule has 40 heavy (non-hydrogen) atoms. The van der Waals surface area contributed by atoms with Crippen LogP contribution in [0.2, 0.25) is 0 Å². The fourth-order valence-corrected chi connectivity index (χ4v) is 3.93. The van der Waals surface area contributed by atoms with Crippen LogP contribution in [0, 0.1) is 5.92 Å². The summed E-state index contributed by atoms with van der Waals surface area (Å²) in [5, 5.41) is 35.7. The Kier molecular flexibility index (Phi) is 12.1. The molecule has 2 aromatic rings. The smallest absolute Gasteiger partial charge is 0.326 e. The van der Waals surface area contributed by atoms with E-state index in [2.05, 4.69) is 16.0 Å². The second-order valence-electron chi connectivity index (χ2n) is 9.92. The molecule has 0 saturated heterocycles. The number of carboxylic acids is 2. The van der Waals surface area contributed by atoms with E-state index < -0.39 is 60.2 Å². The van der Waals surface area contributed by atoms with E-state index in [1.807, 2.05) is 13.8 Å². The molecule has 12 heteroatoms. The Morgan fingerprint density at radius 3 is 1.77 bits per heavy atom. The Balaban J connectivity index is 2.25. The molecular formula is C28H36N4O8. The van der Waals surface area contributed by atoms with Crippen LogP contribution in [-0.4, -0.2) is 69.1 Å². The first-order valence-electron chi connectivity index (χ1n) is 12.8. The average molecular weight is 557 g/mol. The van der Waals surface area contributed by atoms with E-state index in [0.29, 0.717) is 11.1 Å². The van der Waals surface area contributed by atoms with E-state index in [9.17, 15) is 34.2 Å². The fraction of sp³-hybridized carbons (Fsp3) is 0.393. The van der Waals surface area contributed by atoms with Crippen LogP contribution in [0.15, 0.2) is 54.6 Å². The number of phenolic OH excluding ortho intramolecular Hbond substituents is 1. The minimum absolute atomic E-state index is 0.0113. The van der Waals surface area contributed by atoms with Gasteiger partial charge >= 0.3 is 11.9 Å². The van der Waals surface area contributed by atoms with E-state index in [0.717, 1.165) is 0 Å². The number of carbonyl (C=O) groups is 5. The number of hydrogen-bond acceptors (Lipinski definition) is 7. The number of aliphatic carboxylic acids is 2. The second kappa shape index (κ2) is 15.2. The molecular weight excluding hydrogens is 520 g/mol. The number of phenols is 1. The number of amides is 3. The molecule has 0 aliphatic carbocycles. The van der Waals surface area contributed by atoms with Gasteiger partial charge in [-0.15, -0.1) is 0 Å². The maximum absolute atomic E-state index is 13.3. The van der Waals surface area contributed by atoms with Crippen LogP contribution in [0.5, 0.6) is 5.75 Å². The van der Waals surface area contributed by atoms with E-state index in [-0.39, 0.29) is 30.9 Å². The molecule has 2 aromatic carbocycles. The predicted molar refractivity (Wildman–Crippen MR) is 145 cm³/mol. The first kappa shape index (κ1) is 31.8. The van der Waals surface area contributed by atoms with Crippen molar-refractivity contribution in [2.45, 2.75) is 63.7 Å². The summed E-state index contributed by atoms with van der Waals surface area (Å²) in [6, 6.07) is 9.64. The average Bonchev–Trinajstić information content (AvgIpc) is 2.88. The Morgan fingerprint density at radius 2 is 1.23 bits per heavy atom. The summed E-state index contributed by atoms with van der Waals surface area (Å²) in [5.41, 5.74) is 6.90. The van der Waals surface area contributed by atoms with Crippen molar-refractivity contribution in [2.75, 3.05) is 0 Å². The predicted octanol–water partition coefficient (Wildman–Crippen LogP) is 0.565. The van der Waals surface area contributed by atoms with Crippen molar-refractivity contribution in [1.82, 2.24) is 16.0 Å². The number of carboxylic acid groups (broad SMARTS) is 2. The van der Waals surface area contributed by atoms with Crippen molar-refractivity contribution in [3.8, 4) is 5.75 Å². The van der Waals surface area contributed by atoms with Gasteiger partial charge in [0.2, 0.25) is 17.7 Å². The van der Waals surface area contributed by atoms with Gasteiger partial charge in [0.25, 0.3) is 0 Å². The standard InChI is InChI=1S/C28H36N4O8/c1-16(2)12-21(30-25(36)20(29)15-24(34)35)26(37)31-22(13-17-6-4-3-5-7-17)27(38)32-23(28(39)40)14-18-8-10-19(33)11-9-18/h3-11,16,20-23,33H,12-15,29H2,1-2H3,(H,30,36)(H,31,37)(H,32,38)(H,34,35)(H,39,40). The number of nitrogens with two attached hydrogens (primary N) is 1. The van der Waals surface area contributed by atoms with E-state index >= 15 is 0 Å². The number of rotatable bonds is 15. The zero-order valence-corrected chi connectivity index (χ0v) is 22.4. The van der Waals surface area contributed by atoms with Crippen LogP contribution < -0.4 is 21.7 Å². The van der Waals surface area contributed by atoms with Gasteiger partial charge in [0.15, 0.2) is 0 Å². The third-order valence-corrected chi connectivity index (χ3v) is 5.98. The van der Waals surface area contributed by atoms with Crippen LogP contribution in [-0.2, 0) is 36.8 Å². The van der Waals surface area contributed by atoms with Crippen LogP contribution >= 0.6 is 0 Å². The van der Waals surface area contributed by atoms with Crippen molar-refractivity contribution < 1.29 is 39.3 Å². The number of nitrogens with one attached hydrogen (secondary N) is 3. The quantitative estimate of drug-likeness (QED) is 0.163. The SMILES string of the molecule is CC(C)CC(NC(=O)C(N)CC(=O)O)C(=O)NC(Cc1ccccc1)C(=O)NC(Cc1ccc(O)cc1)C(=O)O. The van der Waals surface area contributed by atoms with Crippen molar-refractivity contribution in [3.05, 3.63) is 65.7 Å². The Morgan fingerprint density at radius 1 is 0.725 bits per heavy atom. The molecule has 0 aliphatic rings. The van der Waals surface area contributed by atoms with Crippen molar-refractivity contribution >= 4 is 29.7 Å². The van der Waals surface area contributed by atoms with Gasteiger partial charge in [0, 0.05) is 12.8 Å². The molecule has 0 spiro atoms. The molecule has 12 nitrogen and oxygen atoms in total. The van der Waals surface area contributed by atoms with Gasteiger partial charge < -0.3 is 37.0 Å². The highest BCUT2D eigenvalue weighted by Gasteiger charge is 2.31. The molecule has 0 saturated carbocycles. The normalized spacial score (nSPS) is 13.9. The van der Waals surface area contributed by atoms with Crippen molar-refractivity contribution in [3.63, 3.8) is 0 Å². The molecule has 4 atom stereocenters. The topological polar surface area (TPSA) is 208 Å². The van der Waals surface area contributed by atoms with Gasteiger partial charge in [-0.2, -0.15) is 0 Å². The minimum atomic E-state index is -1.38. The second-order valence-corrected chi connectivity index (χ2v) is 9.92. The van der Waals surface area contributed by atoms with Crippen LogP contribution in [0.1, 0.15) is 37.8 Å². The molecule has 8 N–H and O–H groups in total. The molecule has 4 unspecified atom stereocenters. The van der Waals surface area contributed by atoms with Gasteiger partial charge in [-0.05, 0) is 35.6 Å². The Bertz CT molecular complexity index is 1170. The third-order valence-electron chi connectivity index (χ3n) is 5.98. The zero-order valence-electron chi connectivity index (χ0n) is 22.4. The lowest BCUT2D eigenvalue weighted by molar-refractivity contribution is -0.142.